The number of carbonyl (C=O) groups is 2. The van der Waals surface area contributed by atoms with Gasteiger partial charge in [0.05, 0.1) is 0 Å². The molecule has 20 heavy (non-hydrogen) atoms. The maximum Gasteiger partial charge on any atom is 0.326 e. The highest BCUT2D eigenvalue weighted by Gasteiger charge is 2.30. The number of rotatable bonds is 3. The van der Waals surface area contributed by atoms with Gasteiger partial charge in [-0.3, -0.25) is 4.79 Å². The summed E-state index contributed by atoms with van der Waals surface area (Å²) in [5.41, 5.74) is 0.908. The summed E-state index contributed by atoms with van der Waals surface area (Å²) in [6.45, 7) is 0.514. The summed E-state index contributed by atoms with van der Waals surface area (Å²) in [5, 5.41) is 9.15. The van der Waals surface area contributed by atoms with Gasteiger partial charge in [-0.05, 0) is 43.0 Å². The number of carbonyl (C=O) groups excluding carboxylic acids is 1. The number of nitrogens with zero attached hydrogens (tertiary/aromatic N) is 1. The molecule has 1 aromatic carbocycles. The van der Waals surface area contributed by atoms with E-state index < -0.39 is 12.0 Å². The van der Waals surface area contributed by atoms with Crippen molar-refractivity contribution in [3.05, 3.63) is 40.4 Å². The Balaban J connectivity index is 2.06. The molecule has 0 unspecified atom stereocenters. The van der Waals surface area contributed by atoms with Crippen LogP contribution in [0.5, 0.6) is 0 Å². The van der Waals surface area contributed by atoms with Gasteiger partial charge < -0.3 is 10.0 Å². The van der Waals surface area contributed by atoms with E-state index in [2.05, 4.69) is 15.9 Å². The van der Waals surface area contributed by atoms with E-state index in [4.69, 9.17) is 5.11 Å². The molecular formula is C15H16BrNO3. The maximum absolute atomic E-state index is 12.1. The quantitative estimate of drug-likeness (QED) is 0.862. The summed E-state index contributed by atoms with van der Waals surface area (Å²) in [7, 11) is 0. The van der Waals surface area contributed by atoms with Gasteiger partial charge in [-0.15, -0.1) is 0 Å². The number of hydrogen-bond acceptors (Lipinski definition) is 2. The highest BCUT2D eigenvalue weighted by molar-refractivity contribution is 9.10. The van der Waals surface area contributed by atoms with Crippen molar-refractivity contribution in [2.24, 2.45) is 0 Å². The zero-order chi connectivity index (χ0) is 14.5. The molecule has 0 bridgehead atoms. The molecule has 1 N–H and O–H groups in total. The number of aliphatic carboxylic acids is 1. The lowest BCUT2D eigenvalue weighted by Crippen LogP contribution is -2.47. The van der Waals surface area contributed by atoms with Crippen LogP contribution in [-0.4, -0.2) is 34.5 Å². The molecule has 0 radical (unpaired) electrons. The molecule has 5 heteroatoms. The van der Waals surface area contributed by atoms with Crippen molar-refractivity contribution < 1.29 is 14.7 Å². The fraction of sp³-hybridized carbons (Fsp3) is 0.333. The normalized spacial score (nSPS) is 19.2. The van der Waals surface area contributed by atoms with Gasteiger partial charge in [-0.25, -0.2) is 4.79 Å². The molecule has 1 atom stereocenters. The lowest BCUT2D eigenvalue weighted by molar-refractivity contribution is -0.150. The van der Waals surface area contributed by atoms with Crippen LogP contribution in [0.25, 0.3) is 6.08 Å². The third kappa shape index (κ3) is 3.70. The van der Waals surface area contributed by atoms with Crippen molar-refractivity contribution in [1.82, 2.24) is 4.90 Å². The number of hydrogen-bond donors (Lipinski definition) is 1. The summed E-state index contributed by atoms with van der Waals surface area (Å²) in [5.74, 6) is -1.16. The minimum Gasteiger partial charge on any atom is -0.480 e. The molecule has 0 aromatic heterocycles. The van der Waals surface area contributed by atoms with Gasteiger partial charge in [-0.2, -0.15) is 0 Å². The highest BCUT2D eigenvalue weighted by atomic mass is 79.9. The highest BCUT2D eigenvalue weighted by Crippen LogP contribution is 2.18. The van der Waals surface area contributed by atoms with Gasteiger partial charge in [0.25, 0.3) is 0 Å². The fourth-order valence-electron chi connectivity index (χ4n) is 2.29. The zero-order valence-electron chi connectivity index (χ0n) is 11.0. The van der Waals surface area contributed by atoms with Crippen molar-refractivity contribution in [3.63, 3.8) is 0 Å². The number of carboxylic acid groups (broad SMARTS) is 1. The molecule has 2 rings (SSSR count). The second-order valence-electron chi connectivity index (χ2n) is 4.77. The SMILES string of the molecule is O=C(O)[C@@H]1CCCCN1C(=O)C=Cc1ccc(Br)cc1. The van der Waals surface area contributed by atoms with Crippen LogP contribution in [0.15, 0.2) is 34.8 Å². The van der Waals surface area contributed by atoms with Gasteiger partial charge >= 0.3 is 5.97 Å². The first kappa shape index (κ1) is 14.8. The minimum atomic E-state index is -0.921. The monoisotopic (exact) mass is 337 g/mol. The van der Waals surface area contributed by atoms with Crippen LogP contribution < -0.4 is 0 Å². The van der Waals surface area contributed by atoms with Crippen LogP contribution in [0.3, 0.4) is 0 Å². The summed E-state index contributed by atoms with van der Waals surface area (Å²) in [4.78, 5) is 24.7. The van der Waals surface area contributed by atoms with E-state index in [-0.39, 0.29) is 5.91 Å². The molecule has 4 nitrogen and oxygen atoms in total. The molecular weight excluding hydrogens is 322 g/mol. The number of halogens is 1. The van der Waals surface area contributed by atoms with Crippen LogP contribution in [0.4, 0.5) is 0 Å². The first-order valence-electron chi connectivity index (χ1n) is 6.55. The van der Waals surface area contributed by atoms with Crippen LogP contribution in [-0.2, 0) is 9.59 Å². The average molecular weight is 338 g/mol. The largest absolute Gasteiger partial charge is 0.480 e. The van der Waals surface area contributed by atoms with Crippen LogP contribution >= 0.6 is 15.9 Å². The predicted molar refractivity (Wildman–Crippen MR) is 80.2 cm³/mol. The molecule has 1 heterocycles. The van der Waals surface area contributed by atoms with Crippen molar-refractivity contribution >= 4 is 33.9 Å². The standard InChI is InChI=1S/C15H16BrNO3/c16-12-7-4-11(5-8-12)6-9-14(18)17-10-2-1-3-13(17)15(19)20/h4-9,13H,1-3,10H2,(H,19,20)/t13-/m0/s1. The van der Waals surface area contributed by atoms with Crippen LogP contribution in [0.2, 0.25) is 0 Å². The second-order valence-corrected chi connectivity index (χ2v) is 5.68. The van der Waals surface area contributed by atoms with E-state index in [9.17, 15) is 9.59 Å². The van der Waals surface area contributed by atoms with E-state index in [0.29, 0.717) is 13.0 Å². The van der Waals surface area contributed by atoms with Gasteiger partial charge in [0, 0.05) is 17.1 Å². The van der Waals surface area contributed by atoms with E-state index in [0.717, 1.165) is 22.9 Å². The molecule has 0 spiro atoms. The second kappa shape index (κ2) is 6.70. The van der Waals surface area contributed by atoms with Gasteiger partial charge in [0.1, 0.15) is 6.04 Å². The Labute approximate surface area is 126 Å². The Morgan fingerprint density at radius 1 is 1.25 bits per heavy atom. The first-order valence-corrected chi connectivity index (χ1v) is 7.34. The Morgan fingerprint density at radius 3 is 2.60 bits per heavy atom. The topological polar surface area (TPSA) is 57.6 Å². The fourth-order valence-corrected chi connectivity index (χ4v) is 2.55. The minimum absolute atomic E-state index is 0.236. The third-order valence-electron chi connectivity index (χ3n) is 3.36. The Kier molecular flexibility index (Phi) is 4.95. The number of benzene rings is 1. The van der Waals surface area contributed by atoms with E-state index in [1.54, 1.807) is 6.08 Å². The summed E-state index contributed by atoms with van der Waals surface area (Å²) in [6, 6.07) is 6.87. The first-order chi connectivity index (χ1) is 9.58. The van der Waals surface area contributed by atoms with Crippen molar-refractivity contribution in [3.8, 4) is 0 Å². The summed E-state index contributed by atoms with van der Waals surface area (Å²) >= 11 is 3.35. The van der Waals surface area contributed by atoms with Crippen molar-refractivity contribution in [1.29, 1.82) is 0 Å². The van der Waals surface area contributed by atoms with Crippen molar-refractivity contribution in [2.75, 3.05) is 6.54 Å². The summed E-state index contributed by atoms with van der Waals surface area (Å²) in [6.07, 6.45) is 5.42. The number of carboxylic acids is 1. The third-order valence-corrected chi connectivity index (χ3v) is 3.89. The smallest absolute Gasteiger partial charge is 0.326 e. The lowest BCUT2D eigenvalue weighted by atomic mass is 10.0. The van der Waals surface area contributed by atoms with E-state index in [1.807, 2.05) is 24.3 Å². The molecule has 106 valence electrons. The number of piperidine rings is 1. The molecule has 1 fully saturated rings. The molecule has 1 aromatic rings. The molecule has 0 saturated carbocycles. The van der Waals surface area contributed by atoms with Crippen LogP contribution in [0.1, 0.15) is 24.8 Å². The number of amides is 1. The molecule has 0 aliphatic carbocycles. The van der Waals surface area contributed by atoms with Crippen LogP contribution in [0, 0.1) is 0 Å². The van der Waals surface area contributed by atoms with Gasteiger partial charge in [0.15, 0.2) is 0 Å². The molecule has 1 aliphatic rings. The Morgan fingerprint density at radius 2 is 1.95 bits per heavy atom. The molecule has 1 saturated heterocycles. The van der Waals surface area contributed by atoms with Gasteiger partial charge in [-0.1, -0.05) is 28.1 Å². The number of likely N-dealkylation sites (tertiary alicyclic amines) is 1. The maximum atomic E-state index is 12.1. The lowest BCUT2D eigenvalue weighted by Gasteiger charge is -2.32. The Bertz CT molecular complexity index is 524. The molecule has 1 aliphatic heterocycles. The molecule has 1 amide bonds. The predicted octanol–water partition coefficient (Wildman–Crippen LogP) is 2.93. The average Bonchev–Trinajstić information content (AvgIpc) is 2.46. The summed E-state index contributed by atoms with van der Waals surface area (Å²) < 4.78 is 0.975. The van der Waals surface area contributed by atoms with Crippen molar-refractivity contribution in [2.45, 2.75) is 25.3 Å². The Hall–Kier alpha value is -1.62. The van der Waals surface area contributed by atoms with E-state index in [1.165, 1.54) is 11.0 Å². The van der Waals surface area contributed by atoms with E-state index >= 15 is 0 Å². The van der Waals surface area contributed by atoms with Gasteiger partial charge in [0.2, 0.25) is 5.91 Å². The zero-order valence-corrected chi connectivity index (χ0v) is 12.5.